The number of nitro benzene ring substituents is 1. The fourth-order valence-corrected chi connectivity index (χ4v) is 3.16. The molecule has 0 saturated heterocycles. The Hall–Kier alpha value is -2.57. The molecule has 0 amide bonds. The molecule has 7 heteroatoms. The summed E-state index contributed by atoms with van der Waals surface area (Å²) in [6.45, 7) is 0.859. The summed E-state index contributed by atoms with van der Waals surface area (Å²) in [6.07, 6.45) is 0. The molecule has 0 spiro atoms. The van der Waals surface area contributed by atoms with Gasteiger partial charge >= 0.3 is 0 Å². The zero-order valence-corrected chi connectivity index (χ0v) is 16.5. The predicted molar refractivity (Wildman–Crippen MR) is 110 cm³/mol. The molecule has 138 valence electrons. The molecule has 5 nitrogen and oxygen atoms in total. The normalized spacial score (nSPS) is 10.4. The summed E-state index contributed by atoms with van der Waals surface area (Å²) in [6, 6.07) is 19.7. The van der Waals surface area contributed by atoms with Crippen molar-refractivity contribution >= 4 is 38.9 Å². The average Bonchev–Trinajstić information content (AvgIpc) is 2.66. The van der Waals surface area contributed by atoms with Gasteiger partial charge in [0.1, 0.15) is 12.4 Å². The molecule has 1 N–H and O–H groups in total. The summed E-state index contributed by atoms with van der Waals surface area (Å²) in [5.74, 6) is 0.733. The lowest BCUT2D eigenvalue weighted by Gasteiger charge is -2.14. The van der Waals surface area contributed by atoms with Crippen LogP contribution in [0.15, 0.2) is 71.2 Å². The summed E-state index contributed by atoms with van der Waals surface area (Å²) < 4.78 is 6.88. The molecule has 0 saturated carbocycles. The van der Waals surface area contributed by atoms with Crippen LogP contribution in [0.5, 0.6) is 5.75 Å². The smallest absolute Gasteiger partial charge is 0.271 e. The Balaban J connectivity index is 1.72. The van der Waals surface area contributed by atoms with E-state index in [1.54, 1.807) is 12.1 Å². The molecule has 3 aromatic rings. The first kappa shape index (κ1) is 19.2. The van der Waals surface area contributed by atoms with Crippen LogP contribution in [-0.2, 0) is 13.2 Å². The number of halogens is 2. The Morgan fingerprint density at radius 2 is 1.89 bits per heavy atom. The van der Waals surface area contributed by atoms with Gasteiger partial charge in [-0.15, -0.1) is 0 Å². The van der Waals surface area contributed by atoms with Gasteiger partial charge in [-0.1, -0.05) is 45.7 Å². The molecule has 0 aliphatic rings. The fourth-order valence-electron chi connectivity index (χ4n) is 2.54. The fraction of sp³-hybridized carbons (Fsp3) is 0.100. The maximum absolute atomic E-state index is 10.9. The Bertz CT molecular complexity index is 965. The van der Waals surface area contributed by atoms with Crippen LogP contribution in [0.4, 0.5) is 11.4 Å². The number of ether oxygens (including phenoxy) is 1. The van der Waals surface area contributed by atoms with E-state index in [0.717, 1.165) is 21.3 Å². The van der Waals surface area contributed by atoms with Crippen molar-refractivity contribution in [1.82, 2.24) is 0 Å². The topological polar surface area (TPSA) is 64.4 Å². The van der Waals surface area contributed by atoms with E-state index < -0.39 is 4.92 Å². The molecule has 0 aromatic heterocycles. The van der Waals surface area contributed by atoms with Crippen LogP contribution < -0.4 is 10.1 Å². The minimum atomic E-state index is -0.413. The molecule has 0 fully saturated rings. The van der Waals surface area contributed by atoms with E-state index in [9.17, 15) is 10.1 Å². The van der Waals surface area contributed by atoms with E-state index in [1.807, 2.05) is 42.5 Å². The van der Waals surface area contributed by atoms with Gasteiger partial charge in [-0.3, -0.25) is 10.1 Å². The second kappa shape index (κ2) is 8.88. The van der Waals surface area contributed by atoms with Crippen molar-refractivity contribution in [3.63, 3.8) is 0 Å². The second-order valence-electron chi connectivity index (χ2n) is 5.83. The summed E-state index contributed by atoms with van der Waals surface area (Å²) >= 11 is 9.48. The third kappa shape index (κ3) is 5.45. The lowest BCUT2D eigenvalue weighted by atomic mass is 10.2. The summed E-state index contributed by atoms with van der Waals surface area (Å²) in [4.78, 5) is 10.5. The molecule has 0 atom stereocenters. The van der Waals surface area contributed by atoms with E-state index in [1.165, 1.54) is 12.1 Å². The highest BCUT2D eigenvalue weighted by Crippen LogP contribution is 2.26. The van der Waals surface area contributed by atoms with Gasteiger partial charge in [0, 0.05) is 39.4 Å². The molecular weight excluding hydrogens is 432 g/mol. The van der Waals surface area contributed by atoms with Crippen LogP contribution in [-0.4, -0.2) is 4.92 Å². The maximum Gasteiger partial charge on any atom is 0.271 e. The summed E-state index contributed by atoms with van der Waals surface area (Å²) in [5, 5.41) is 14.8. The van der Waals surface area contributed by atoms with Crippen molar-refractivity contribution in [1.29, 1.82) is 0 Å². The molecule has 0 aliphatic carbocycles. The molecule has 0 bridgehead atoms. The van der Waals surface area contributed by atoms with E-state index in [-0.39, 0.29) is 5.69 Å². The monoisotopic (exact) mass is 446 g/mol. The number of hydrogen-bond donors (Lipinski definition) is 1. The highest BCUT2D eigenvalue weighted by Gasteiger charge is 2.08. The van der Waals surface area contributed by atoms with Crippen LogP contribution >= 0.6 is 27.5 Å². The number of nitrogens with one attached hydrogen (secondary N) is 1. The van der Waals surface area contributed by atoms with Crippen molar-refractivity contribution in [2.75, 3.05) is 5.32 Å². The molecular formula is C20H16BrClN2O3. The summed E-state index contributed by atoms with van der Waals surface area (Å²) in [7, 11) is 0. The highest BCUT2D eigenvalue weighted by molar-refractivity contribution is 9.10. The van der Waals surface area contributed by atoms with Crippen molar-refractivity contribution < 1.29 is 9.66 Å². The van der Waals surface area contributed by atoms with Crippen LogP contribution in [0, 0.1) is 10.1 Å². The van der Waals surface area contributed by atoms with Gasteiger partial charge in [-0.2, -0.15) is 0 Å². The van der Waals surface area contributed by atoms with Gasteiger partial charge in [0.15, 0.2) is 0 Å². The quantitative estimate of drug-likeness (QED) is 0.346. The number of rotatable bonds is 7. The predicted octanol–water partition coefficient (Wildman–Crippen LogP) is 6.20. The van der Waals surface area contributed by atoms with Crippen LogP contribution in [0.25, 0.3) is 0 Å². The number of nitro groups is 1. The van der Waals surface area contributed by atoms with Crippen LogP contribution in [0.1, 0.15) is 11.1 Å². The highest BCUT2D eigenvalue weighted by atomic mass is 79.9. The largest absolute Gasteiger partial charge is 0.489 e. The van der Waals surface area contributed by atoms with Crippen molar-refractivity contribution in [3.05, 3.63) is 97.5 Å². The minimum Gasteiger partial charge on any atom is -0.489 e. The van der Waals surface area contributed by atoms with Gasteiger partial charge in [0.25, 0.3) is 5.69 Å². The molecule has 0 radical (unpaired) electrons. The van der Waals surface area contributed by atoms with E-state index in [4.69, 9.17) is 16.3 Å². The van der Waals surface area contributed by atoms with Crippen LogP contribution in [0.2, 0.25) is 5.02 Å². The molecule has 3 rings (SSSR count). The Kier molecular flexibility index (Phi) is 6.32. The maximum atomic E-state index is 10.9. The van der Waals surface area contributed by atoms with Crippen molar-refractivity contribution in [2.45, 2.75) is 13.2 Å². The minimum absolute atomic E-state index is 0.0478. The first-order valence-electron chi connectivity index (χ1n) is 8.15. The summed E-state index contributed by atoms with van der Waals surface area (Å²) in [5.41, 5.74) is 2.62. The Morgan fingerprint density at radius 1 is 1.07 bits per heavy atom. The number of benzene rings is 3. The second-order valence-corrected chi connectivity index (χ2v) is 7.18. The van der Waals surface area contributed by atoms with Gasteiger partial charge in [-0.25, -0.2) is 0 Å². The number of non-ortho nitro benzene ring substituents is 1. The number of hydrogen-bond acceptors (Lipinski definition) is 4. The molecule has 0 aliphatic heterocycles. The standard InChI is InChI=1S/C20H16BrClN2O3/c21-16-7-8-20(27-13-14-3-1-4-17(22)9-14)15(10-16)12-23-18-5-2-6-19(11-18)24(25)26/h1-11,23H,12-13H2. The van der Waals surface area contributed by atoms with Gasteiger partial charge in [0.2, 0.25) is 0 Å². The lowest BCUT2D eigenvalue weighted by molar-refractivity contribution is -0.384. The van der Waals surface area contributed by atoms with Crippen molar-refractivity contribution in [3.8, 4) is 5.75 Å². The SMILES string of the molecule is O=[N+]([O-])c1cccc(NCc2cc(Br)ccc2OCc2cccc(Cl)c2)c1. The molecule has 0 unspecified atom stereocenters. The van der Waals surface area contributed by atoms with Gasteiger partial charge in [0.05, 0.1) is 4.92 Å². The first-order valence-corrected chi connectivity index (χ1v) is 9.32. The lowest BCUT2D eigenvalue weighted by Crippen LogP contribution is -2.04. The van der Waals surface area contributed by atoms with E-state index in [0.29, 0.717) is 23.9 Å². The van der Waals surface area contributed by atoms with Crippen LogP contribution in [0.3, 0.4) is 0 Å². The van der Waals surface area contributed by atoms with Gasteiger partial charge in [-0.05, 0) is 42.0 Å². The first-order chi connectivity index (χ1) is 13.0. The molecule has 3 aromatic carbocycles. The average molecular weight is 448 g/mol. The number of anilines is 1. The molecule has 27 heavy (non-hydrogen) atoms. The zero-order valence-electron chi connectivity index (χ0n) is 14.2. The molecule has 0 heterocycles. The third-order valence-electron chi connectivity index (χ3n) is 3.85. The number of nitrogens with zero attached hydrogens (tertiary/aromatic N) is 1. The zero-order chi connectivity index (χ0) is 19.2. The van der Waals surface area contributed by atoms with E-state index >= 15 is 0 Å². The Morgan fingerprint density at radius 3 is 2.67 bits per heavy atom. The van der Waals surface area contributed by atoms with E-state index in [2.05, 4.69) is 21.2 Å². The van der Waals surface area contributed by atoms with Gasteiger partial charge < -0.3 is 10.1 Å². The Labute approximate surface area is 170 Å². The van der Waals surface area contributed by atoms with Crippen molar-refractivity contribution in [2.24, 2.45) is 0 Å². The third-order valence-corrected chi connectivity index (χ3v) is 4.57.